The molecule has 0 amide bonds. The van der Waals surface area contributed by atoms with Crippen molar-refractivity contribution < 1.29 is 5.11 Å². The highest BCUT2D eigenvalue weighted by molar-refractivity contribution is 5.57. The van der Waals surface area contributed by atoms with E-state index in [1.54, 1.807) is 0 Å². The first-order chi connectivity index (χ1) is 8.76. The van der Waals surface area contributed by atoms with Crippen LogP contribution in [-0.4, -0.2) is 24.3 Å². The van der Waals surface area contributed by atoms with Crippen molar-refractivity contribution in [1.82, 2.24) is 0 Å². The van der Waals surface area contributed by atoms with Crippen molar-refractivity contribution in [3.63, 3.8) is 0 Å². The number of nitrogens with zero attached hydrogens (tertiary/aromatic N) is 2. The van der Waals surface area contributed by atoms with Crippen molar-refractivity contribution >= 4 is 5.69 Å². The summed E-state index contributed by atoms with van der Waals surface area (Å²) in [7, 11) is 0. The minimum absolute atomic E-state index is 0.274. The first-order valence-corrected chi connectivity index (χ1v) is 6.64. The normalized spacial score (nSPS) is 18.9. The van der Waals surface area contributed by atoms with Gasteiger partial charge in [0.25, 0.3) is 0 Å². The lowest BCUT2D eigenvalue weighted by Gasteiger charge is -2.28. The van der Waals surface area contributed by atoms with E-state index in [1.165, 1.54) is 24.1 Å². The highest BCUT2D eigenvalue weighted by Crippen LogP contribution is 2.30. The molecule has 0 aliphatic carbocycles. The molecule has 1 atom stereocenters. The number of aryl methyl sites for hydroxylation is 1. The topological polar surface area (TPSA) is 47.3 Å². The Kier molecular flexibility index (Phi) is 4.22. The van der Waals surface area contributed by atoms with Crippen LogP contribution in [0.25, 0.3) is 0 Å². The van der Waals surface area contributed by atoms with Gasteiger partial charge in [-0.25, -0.2) is 0 Å². The van der Waals surface area contributed by atoms with Crippen LogP contribution in [0.1, 0.15) is 36.8 Å². The predicted molar refractivity (Wildman–Crippen MR) is 72.6 cm³/mol. The Morgan fingerprint density at radius 2 is 2.33 bits per heavy atom. The van der Waals surface area contributed by atoms with E-state index >= 15 is 0 Å². The molecule has 1 aromatic carbocycles. The smallest absolute Gasteiger partial charge is 0.0991 e. The number of rotatable bonds is 4. The lowest BCUT2D eigenvalue weighted by molar-refractivity contribution is 0.279. The molecule has 1 heterocycles. The van der Waals surface area contributed by atoms with Crippen molar-refractivity contribution in [2.75, 3.05) is 18.1 Å². The number of aliphatic hydroxyl groups excluding tert-OH is 1. The van der Waals surface area contributed by atoms with Gasteiger partial charge in [-0.2, -0.15) is 5.26 Å². The summed E-state index contributed by atoms with van der Waals surface area (Å²) in [4.78, 5) is 2.44. The summed E-state index contributed by atoms with van der Waals surface area (Å²) in [5, 5.41) is 17.8. The summed E-state index contributed by atoms with van der Waals surface area (Å²) in [5.41, 5.74) is 3.14. The van der Waals surface area contributed by atoms with Gasteiger partial charge in [-0.15, -0.1) is 0 Å². The molecular weight excluding hydrogens is 224 g/mol. The van der Waals surface area contributed by atoms with Crippen LogP contribution in [-0.2, 0) is 0 Å². The second-order valence-electron chi connectivity index (χ2n) is 4.97. The van der Waals surface area contributed by atoms with Crippen LogP contribution in [0.3, 0.4) is 0 Å². The summed E-state index contributed by atoms with van der Waals surface area (Å²) in [6.07, 6.45) is 4.35. The quantitative estimate of drug-likeness (QED) is 0.885. The van der Waals surface area contributed by atoms with Gasteiger partial charge >= 0.3 is 0 Å². The van der Waals surface area contributed by atoms with Crippen LogP contribution in [0.15, 0.2) is 18.2 Å². The molecule has 0 spiro atoms. The van der Waals surface area contributed by atoms with Gasteiger partial charge in [0.15, 0.2) is 0 Å². The Hall–Kier alpha value is -1.53. The van der Waals surface area contributed by atoms with E-state index in [0.29, 0.717) is 6.04 Å². The third kappa shape index (κ3) is 2.65. The molecule has 0 aromatic heterocycles. The average Bonchev–Trinajstić information content (AvgIpc) is 2.84. The zero-order valence-corrected chi connectivity index (χ0v) is 10.9. The van der Waals surface area contributed by atoms with Crippen molar-refractivity contribution in [1.29, 1.82) is 5.26 Å². The summed E-state index contributed by atoms with van der Waals surface area (Å²) in [6.45, 7) is 3.43. The number of hydrogen-bond acceptors (Lipinski definition) is 3. The molecule has 3 heteroatoms. The molecule has 1 unspecified atom stereocenters. The maximum Gasteiger partial charge on any atom is 0.0991 e. The minimum Gasteiger partial charge on any atom is -0.396 e. The zero-order valence-electron chi connectivity index (χ0n) is 10.9. The van der Waals surface area contributed by atoms with Crippen LogP contribution < -0.4 is 4.90 Å². The molecule has 3 nitrogen and oxygen atoms in total. The standard InChI is InChI=1S/C15H20N2O/c1-12-10-13(11-16)6-7-15(12)17-8-2-4-14(17)5-3-9-18/h6-7,10,14,18H,2-5,8-9H2,1H3. The number of hydrogen-bond donors (Lipinski definition) is 1. The Labute approximate surface area is 109 Å². The van der Waals surface area contributed by atoms with Gasteiger partial charge in [0.05, 0.1) is 11.6 Å². The molecule has 0 bridgehead atoms. The van der Waals surface area contributed by atoms with Crippen molar-refractivity contribution in [2.24, 2.45) is 0 Å². The molecule has 0 saturated carbocycles. The monoisotopic (exact) mass is 244 g/mol. The minimum atomic E-state index is 0.274. The van der Waals surface area contributed by atoms with Gasteiger partial charge in [0.1, 0.15) is 0 Å². The largest absolute Gasteiger partial charge is 0.396 e. The maximum atomic E-state index is 8.95. The van der Waals surface area contributed by atoms with E-state index < -0.39 is 0 Å². The SMILES string of the molecule is Cc1cc(C#N)ccc1N1CCCC1CCCO. The third-order valence-corrected chi connectivity index (χ3v) is 3.71. The summed E-state index contributed by atoms with van der Waals surface area (Å²) in [5.74, 6) is 0. The molecule has 96 valence electrons. The first kappa shape index (κ1) is 12.9. The Balaban J connectivity index is 2.17. The first-order valence-electron chi connectivity index (χ1n) is 6.64. The van der Waals surface area contributed by atoms with Gasteiger partial charge in [-0.05, 0) is 56.4 Å². The van der Waals surface area contributed by atoms with Crippen LogP contribution in [0.2, 0.25) is 0 Å². The fourth-order valence-electron chi connectivity index (χ4n) is 2.83. The van der Waals surface area contributed by atoms with Crippen molar-refractivity contribution in [2.45, 2.75) is 38.6 Å². The van der Waals surface area contributed by atoms with E-state index in [2.05, 4.69) is 24.0 Å². The second-order valence-corrected chi connectivity index (χ2v) is 4.97. The highest BCUT2D eigenvalue weighted by Gasteiger charge is 2.25. The Morgan fingerprint density at radius 1 is 1.50 bits per heavy atom. The van der Waals surface area contributed by atoms with Gasteiger partial charge in [0, 0.05) is 24.9 Å². The fraction of sp³-hybridized carbons (Fsp3) is 0.533. The summed E-state index contributed by atoms with van der Waals surface area (Å²) >= 11 is 0. The van der Waals surface area contributed by atoms with Gasteiger partial charge in [-0.1, -0.05) is 0 Å². The van der Waals surface area contributed by atoms with E-state index in [4.69, 9.17) is 10.4 Å². The number of benzene rings is 1. The molecule has 2 rings (SSSR count). The molecule has 1 fully saturated rings. The van der Waals surface area contributed by atoms with Crippen LogP contribution in [0.4, 0.5) is 5.69 Å². The lowest BCUT2D eigenvalue weighted by Crippen LogP contribution is -2.29. The second kappa shape index (κ2) is 5.88. The van der Waals surface area contributed by atoms with Crippen molar-refractivity contribution in [3.05, 3.63) is 29.3 Å². The van der Waals surface area contributed by atoms with Gasteiger partial charge < -0.3 is 10.0 Å². The van der Waals surface area contributed by atoms with E-state index in [-0.39, 0.29) is 6.61 Å². The summed E-state index contributed by atoms with van der Waals surface area (Å²) in [6, 6.07) is 8.63. The average molecular weight is 244 g/mol. The Morgan fingerprint density at radius 3 is 3.00 bits per heavy atom. The fourth-order valence-corrected chi connectivity index (χ4v) is 2.83. The van der Waals surface area contributed by atoms with E-state index in [0.717, 1.165) is 24.9 Å². The molecule has 0 radical (unpaired) electrons. The van der Waals surface area contributed by atoms with Crippen LogP contribution >= 0.6 is 0 Å². The zero-order chi connectivity index (χ0) is 13.0. The third-order valence-electron chi connectivity index (χ3n) is 3.71. The summed E-state index contributed by atoms with van der Waals surface area (Å²) < 4.78 is 0. The molecule has 1 aliphatic rings. The molecule has 1 aliphatic heterocycles. The lowest BCUT2D eigenvalue weighted by atomic mass is 10.1. The maximum absolute atomic E-state index is 8.95. The van der Waals surface area contributed by atoms with Crippen LogP contribution in [0, 0.1) is 18.3 Å². The number of nitriles is 1. The highest BCUT2D eigenvalue weighted by atomic mass is 16.2. The van der Waals surface area contributed by atoms with Gasteiger partial charge in [-0.3, -0.25) is 0 Å². The molecular formula is C15H20N2O. The van der Waals surface area contributed by atoms with Crippen LogP contribution in [0.5, 0.6) is 0 Å². The van der Waals surface area contributed by atoms with E-state index in [1.807, 2.05) is 12.1 Å². The molecule has 1 saturated heterocycles. The molecule has 18 heavy (non-hydrogen) atoms. The van der Waals surface area contributed by atoms with Gasteiger partial charge in [0.2, 0.25) is 0 Å². The number of aliphatic hydroxyl groups is 1. The number of anilines is 1. The van der Waals surface area contributed by atoms with Crippen molar-refractivity contribution in [3.8, 4) is 6.07 Å². The predicted octanol–water partition coefficient (Wildman–Crippen LogP) is 2.61. The molecule has 1 N–H and O–H groups in total. The molecule has 1 aromatic rings. The van der Waals surface area contributed by atoms with E-state index in [9.17, 15) is 0 Å². The Bertz CT molecular complexity index is 450.